The Balaban J connectivity index is 1.69. The van der Waals surface area contributed by atoms with Crippen molar-refractivity contribution >= 4 is 29.1 Å². The monoisotopic (exact) mass is 385 g/mol. The fraction of sp³-hybridized carbons (Fsp3) is 0.200. The molecule has 0 saturated heterocycles. The highest BCUT2D eigenvalue weighted by molar-refractivity contribution is 6.35. The molecule has 4 rings (SSSR count). The smallest absolute Gasteiger partial charge is 0.251 e. The van der Waals surface area contributed by atoms with Gasteiger partial charge in [0, 0.05) is 28.0 Å². The Morgan fingerprint density at radius 2 is 1.92 bits per heavy atom. The summed E-state index contributed by atoms with van der Waals surface area (Å²) in [5, 5.41) is 4.06. The largest absolute Gasteiger partial charge is 0.343 e. The van der Waals surface area contributed by atoms with Crippen molar-refractivity contribution in [3.05, 3.63) is 87.9 Å². The van der Waals surface area contributed by atoms with Gasteiger partial charge in [0.05, 0.1) is 18.4 Å². The van der Waals surface area contributed by atoms with Gasteiger partial charge in [0.2, 0.25) is 0 Å². The predicted molar refractivity (Wildman–Crippen MR) is 103 cm³/mol. The summed E-state index contributed by atoms with van der Waals surface area (Å²) in [5.74, 6) is -0.193. The molecule has 0 unspecified atom stereocenters. The van der Waals surface area contributed by atoms with E-state index in [-0.39, 0.29) is 18.0 Å². The van der Waals surface area contributed by atoms with Crippen molar-refractivity contribution in [3.63, 3.8) is 0 Å². The van der Waals surface area contributed by atoms with E-state index in [0.29, 0.717) is 15.6 Å². The van der Waals surface area contributed by atoms with Crippen LogP contribution >= 0.6 is 23.2 Å². The van der Waals surface area contributed by atoms with Crippen LogP contribution in [0.3, 0.4) is 0 Å². The number of halogens is 2. The van der Waals surface area contributed by atoms with Gasteiger partial charge in [-0.25, -0.2) is 4.98 Å². The number of aromatic nitrogens is 2. The third-order valence-corrected chi connectivity index (χ3v) is 5.24. The maximum Gasteiger partial charge on any atom is 0.251 e. The molecule has 4 nitrogen and oxygen atoms in total. The molecule has 132 valence electrons. The molecule has 26 heavy (non-hydrogen) atoms. The van der Waals surface area contributed by atoms with Crippen molar-refractivity contribution in [1.29, 1.82) is 0 Å². The molecule has 0 bridgehead atoms. The lowest BCUT2D eigenvalue weighted by Crippen LogP contribution is -2.37. The van der Waals surface area contributed by atoms with E-state index >= 15 is 0 Å². The highest BCUT2D eigenvalue weighted by atomic mass is 35.5. The molecule has 2 atom stereocenters. The zero-order valence-corrected chi connectivity index (χ0v) is 15.4. The molecule has 0 aliphatic heterocycles. The Hall–Kier alpha value is -2.30. The summed E-state index contributed by atoms with van der Waals surface area (Å²) in [5.41, 5.74) is 2.85. The quantitative estimate of drug-likeness (QED) is 0.700. The highest BCUT2D eigenvalue weighted by Gasteiger charge is 2.32. The number of carbonyl (C=O) groups is 1. The summed E-state index contributed by atoms with van der Waals surface area (Å²) in [4.78, 5) is 17.1. The molecular formula is C20H17Cl2N3O. The van der Waals surface area contributed by atoms with E-state index in [1.54, 1.807) is 30.7 Å². The number of carbonyl (C=O) groups excluding carboxylic acids is 1. The Labute approximate surface area is 161 Å². The number of nitrogens with one attached hydrogen (secondary N) is 1. The second-order valence-corrected chi connectivity index (χ2v) is 7.30. The first-order valence-corrected chi connectivity index (χ1v) is 9.19. The molecular weight excluding hydrogens is 369 g/mol. The van der Waals surface area contributed by atoms with Crippen molar-refractivity contribution in [2.75, 3.05) is 0 Å². The minimum atomic E-state index is -0.193. The van der Waals surface area contributed by atoms with E-state index in [9.17, 15) is 4.79 Å². The van der Waals surface area contributed by atoms with E-state index < -0.39 is 0 Å². The zero-order valence-electron chi connectivity index (χ0n) is 13.9. The van der Waals surface area contributed by atoms with Crippen LogP contribution in [0.5, 0.6) is 0 Å². The first-order valence-electron chi connectivity index (χ1n) is 8.44. The number of nitrogens with zero attached hydrogens (tertiary/aromatic N) is 2. The lowest BCUT2D eigenvalue weighted by atomic mass is 9.83. The first-order chi connectivity index (χ1) is 12.6. The Morgan fingerprint density at radius 3 is 2.65 bits per heavy atom. The van der Waals surface area contributed by atoms with Gasteiger partial charge in [-0.3, -0.25) is 4.79 Å². The molecule has 6 heteroatoms. The van der Waals surface area contributed by atoms with Crippen LogP contribution in [0.2, 0.25) is 10.0 Å². The fourth-order valence-corrected chi connectivity index (χ4v) is 4.14. The lowest BCUT2D eigenvalue weighted by molar-refractivity contribution is 0.0918. The van der Waals surface area contributed by atoms with Crippen molar-refractivity contribution in [1.82, 2.24) is 14.9 Å². The SMILES string of the molecule is O=C(N[C@@H]1c2ccccc2CC[C@@H]1n1ccnc1)c1cc(Cl)cc(Cl)c1. The number of aryl methyl sites for hydroxylation is 1. The van der Waals surface area contributed by atoms with Crippen LogP contribution in [0.4, 0.5) is 0 Å². The molecule has 1 aromatic heterocycles. The average molecular weight is 386 g/mol. The Kier molecular flexibility index (Phi) is 4.70. The summed E-state index contributed by atoms with van der Waals surface area (Å²) < 4.78 is 2.06. The highest BCUT2D eigenvalue weighted by Crippen LogP contribution is 2.37. The third kappa shape index (κ3) is 3.35. The summed E-state index contributed by atoms with van der Waals surface area (Å²) in [6, 6.07) is 13.1. The van der Waals surface area contributed by atoms with Gasteiger partial charge in [0.1, 0.15) is 0 Å². The van der Waals surface area contributed by atoms with Crippen molar-refractivity contribution in [2.24, 2.45) is 0 Å². The molecule has 1 heterocycles. The van der Waals surface area contributed by atoms with E-state index in [1.165, 1.54) is 5.56 Å². The number of hydrogen-bond acceptors (Lipinski definition) is 2. The molecule has 3 aromatic rings. The average Bonchev–Trinajstić information content (AvgIpc) is 3.15. The predicted octanol–water partition coefficient (Wildman–Crippen LogP) is 4.85. The summed E-state index contributed by atoms with van der Waals surface area (Å²) >= 11 is 12.1. The second-order valence-electron chi connectivity index (χ2n) is 6.42. The fourth-order valence-electron chi connectivity index (χ4n) is 3.61. The first kappa shape index (κ1) is 17.1. The number of benzene rings is 2. The molecule has 0 radical (unpaired) electrons. The van der Waals surface area contributed by atoms with Crippen molar-refractivity contribution < 1.29 is 4.79 Å². The maximum absolute atomic E-state index is 12.9. The van der Waals surface area contributed by atoms with Gasteiger partial charge in [-0.15, -0.1) is 0 Å². The van der Waals surface area contributed by atoms with Gasteiger partial charge in [0.25, 0.3) is 5.91 Å². The molecule has 1 aliphatic rings. The van der Waals surface area contributed by atoms with Crippen LogP contribution in [-0.2, 0) is 6.42 Å². The number of hydrogen-bond donors (Lipinski definition) is 1. The molecule has 1 aliphatic carbocycles. The van der Waals surface area contributed by atoms with Gasteiger partial charge in [0.15, 0.2) is 0 Å². The van der Waals surface area contributed by atoms with Crippen LogP contribution in [0.25, 0.3) is 0 Å². The van der Waals surface area contributed by atoms with Gasteiger partial charge in [-0.05, 0) is 42.2 Å². The molecule has 1 N–H and O–H groups in total. The van der Waals surface area contributed by atoms with E-state index in [1.807, 2.05) is 18.3 Å². The van der Waals surface area contributed by atoms with E-state index in [2.05, 4.69) is 27.0 Å². The molecule has 1 amide bonds. The topological polar surface area (TPSA) is 46.9 Å². The van der Waals surface area contributed by atoms with Crippen LogP contribution in [-0.4, -0.2) is 15.5 Å². The zero-order chi connectivity index (χ0) is 18.1. The second kappa shape index (κ2) is 7.14. The number of fused-ring (bicyclic) bond motifs is 1. The normalized spacial score (nSPS) is 19.0. The summed E-state index contributed by atoms with van der Waals surface area (Å²) in [6.07, 6.45) is 7.39. The molecule has 2 aromatic carbocycles. The summed E-state index contributed by atoms with van der Waals surface area (Å²) in [7, 11) is 0. The van der Waals surface area contributed by atoms with Crippen LogP contribution in [0.1, 0.15) is 40.0 Å². The third-order valence-electron chi connectivity index (χ3n) is 4.80. The van der Waals surface area contributed by atoms with Gasteiger partial charge in [-0.2, -0.15) is 0 Å². The minimum Gasteiger partial charge on any atom is -0.343 e. The molecule has 0 fully saturated rings. The van der Waals surface area contributed by atoms with Crippen LogP contribution in [0, 0.1) is 0 Å². The Bertz CT molecular complexity index is 920. The lowest BCUT2D eigenvalue weighted by Gasteiger charge is -2.35. The minimum absolute atomic E-state index is 0.103. The Morgan fingerprint density at radius 1 is 1.15 bits per heavy atom. The number of amides is 1. The van der Waals surface area contributed by atoms with E-state index in [4.69, 9.17) is 23.2 Å². The van der Waals surface area contributed by atoms with Gasteiger partial charge < -0.3 is 9.88 Å². The van der Waals surface area contributed by atoms with Crippen molar-refractivity contribution in [2.45, 2.75) is 24.9 Å². The van der Waals surface area contributed by atoms with E-state index in [0.717, 1.165) is 18.4 Å². The maximum atomic E-state index is 12.9. The van der Waals surface area contributed by atoms with Crippen molar-refractivity contribution in [3.8, 4) is 0 Å². The van der Waals surface area contributed by atoms with Crippen LogP contribution < -0.4 is 5.32 Å². The van der Waals surface area contributed by atoms with Gasteiger partial charge >= 0.3 is 0 Å². The molecule has 0 saturated carbocycles. The number of imidazole rings is 1. The standard InChI is InChI=1S/C20H17Cl2N3O/c21-15-9-14(10-16(22)11-15)20(26)24-19-17-4-2-1-3-13(17)5-6-18(19)25-8-7-23-12-25/h1-4,7-12,18-19H,5-6H2,(H,24,26)/t18-,19+/m0/s1. The number of rotatable bonds is 3. The molecule has 0 spiro atoms. The summed E-state index contributed by atoms with van der Waals surface area (Å²) in [6.45, 7) is 0. The van der Waals surface area contributed by atoms with Crippen LogP contribution in [0.15, 0.2) is 61.2 Å². The van der Waals surface area contributed by atoms with Gasteiger partial charge in [-0.1, -0.05) is 47.5 Å².